The van der Waals surface area contributed by atoms with Crippen LogP contribution < -0.4 is 20.1 Å². The number of aliphatic carboxylic acids is 1. The van der Waals surface area contributed by atoms with Gasteiger partial charge in [0.2, 0.25) is 6.79 Å². The molecule has 0 saturated heterocycles. The van der Waals surface area contributed by atoms with Crippen LogP contribution in [0.25, 0.3) is 0 Å². The Bertz CT molecular complexity index is 542. The third kappa shape index (κ3) is 3.11. The number of carboxylic acids is 1. The molecule has 0 aliphatic carbocycles. The Labute approximate surface area is 115 Å². The zero-order chi connectivity index (χ0) is 14.8. The molecule has 7 heteroatoms. The van der Waals surface area contributed by atoms with Gasteiger partial charge in [-0.1, -0.05) is 6.07 Å². The van der Waals surface area contributed by atoms with Crippen molar-refractivity contribution in [1.82, 2.24) is 10.6 Å². The van der Waals surface area contributed by atoms with Crippen LogP contribution in [0, 0.1) is 0 Å². The van der Waals surface area contributed by atoms with Gasteiger partial charge < -0.3 is 25.2 Å². The summed E-state index contributed by atoms with van der Waals surface area (Å²) in [6.07, 6.45) is 0. The molecule has 0 atom stereocenters. The van der Waals surface area contributed by atoms with E-state index in [1.54, 1.807) is 18.2 Å². The van der Waals surface area contributed by atoms with E-state index in [1.807, 2.05) is 0 Å². The number of hydrogen-bond donors (Lipinski definition) is 3. The van der Waals surface area contributed by atoms with E-state index in [1.165, 1.54) is 13.8 Å². The molecule has 108 valence electrons. The summed E-state index contributed by atoms with van der Waals surface area (Å²) < 4.78 is 10.4. The van der Waals surface area contributed by atoms with Gasteiger partial charge in [-0.05, 0) is 31.5 Å². The highest BCUT2D eigenvalue weighted by Crippen LogP contribution is 2.32. The molecule has 7 nitrogen and oxygen atoms in total. The van der Waals surface area contributed by atoms with Gasteiger partial charge in [-0.15, -0.1) is 0 Å². The van der Waals surface area contributed by atoms with Crippen molar-refractivity contribution >= 4 is 12.0 Å². The Hall–Kier alpha value is -2.44. The molecule has 0 saturated carbocycles. The van der Waals surface area contributed by atoms with Crippen LogP contribution in [-0.4, -0.2) is 29.4 Å². The molecular formula is C13H16N2O5. The quantitative estimate of drug-likeness (QED) is 0.766. The number of fused-ring (bicyclic) bond motifs is 1. The second-order valence-electron chi connectivity index (χ2n) is 4.93. The Kier molecular flexibility index (Phi) is 3.69. The zero-order valence-electron chi connectivity index (χ0n) is 11.2. The molecule has 3 N–H and O–H groups in total. The molecule has 2 amide bonds. The Balaban J connectivity index is 1.89. The normalized spacial score (nSPS) is 12.9. The molecule has 20 heavy (non-hydrogen) atoms. The Morgan fingerprint density at radius 1 is 1.30 bits per heavy atom. The van der Waals surface area contributed by atoms with Crippen molar-refractivity contribution in [3.63, 3.8) is 0 Å². The van der Waals surface area contributed by atoms with Crippen LogP contribution in [0.1, 0.15) is 19.4 Å². The first-order chi connectivity index (χ1) is 9.38. The van der Waals surface area contributed by atoms with Crippen molar-refractivity contribution < 1.29 is 24.2 Å². The van der Waals surface area contributed by atoms with Gasteiger partial charge in [-0.3, -0.25) is 0 Å². The predicted molar refractivity (Wildman–Crippen MR) is 69.7 cm³/mol. The number of ether oxygens (including phenoxy) is 2. The van der Waals surface area contributed by atoms with Gasteiger partial charge in [0.05, 0.1) is 0 Å². The van der Waals surface area contributed by atoms with E-state index in [9.17, 15) is 9.59 Å². The van der Waals surface area contributed by atoms with Gasteiger partial charge in [-0.2, -0.15) is 0 Å². The molecule has 1 aromatic rings. The molecule has 2 rings (SSSR count). The highest BCUT2D eigenvalue weighted by Gasteiger charge is 2.28. The maximum Gasteiger partial charge on any atom is 0.328 e. The summed E-state index contributed by atoms with van der Waals surface area (Å²) in [6, 6.07) is 4.79. The average Bonchev–Trinajstić information content (AvgIpc) is 2.82. The average molecular weight is 280 g/mol. The highest BCUT2D eigenvalue weighted by molar-refractivity contribution is 5.85. The summed E-state index contributed by atoms with van der Waals surface area (Å²) >= 11 is 0. The van der Waals surface area contributed by atoms with Crippen LogP contribution >= 0.6 is 0 Å². The first-order valence-corrected chi connectivity index (χ1v) is 6.06. The molecule has 1 aliphatic heterocycles. The monoisotopic (exact) mass is 280 g/mol. The lowest BCUT2D eigenvalue weighted by Gasteiger charge is -2.21. The summed E-state index contributed by atoms with van der Waals surface area (Å²) in [4.78, 5) is 22.5. The maximum absolute atomic E-state index is 11.6. The van der Waals surface area contributed by atoms with Gasteiger partial charge >= 0.3 is 12.0 Å². The SMILES string of the molecule is CC(C)(NC(=O)NCc1ccc2c(c1)OCO2)C(=O)O. The topological polar surface area (TPSA) is 96.9 Å². The van der Waals surface area contributed by atoms with Gasteiger partial charge in [0, 0.05) is 6.54 Å². The number of benzene rings is 1. The number of urea groups is 1. The summed E-state index contributed by atoms with van der Waals surface area (Å²) in [7, 11) is 0. The van der Waals surface area contributed by atoms with E-state index in [0.29, 0.717) is 11.5 Å². The number of amides is 2. The number of carbonyl (C=O) groups is 2. The van der Waals surface area contributed by atoms with Crippen molar-refractivity contribution in [2.45, 2.75) is 25.9 Å². The van der Waals surface area contributed by atoms with Crippen LogP contribution in [0.15, 0.2) is 18.2 Å². The minimum atomic E-state index is -1.32. The summed E-state index contributed by atoms with van der Waals surface area (Å²) in [5, 5.41) is 13.9. The van der Waals surface area contributed by atoms with Gasteiger partial charge in [0.15, 0.2) is 11.5 Å². The lowest BCUT2D eigenvalue weighted by molar-refractivity contribution is -0.142. The van der Waals surface area contributed by atoms with Crippen LogP contribution in [-0.2, 0) is 11.3 Å². The minimum Gasteiger partial charge on any atom is -0.480 e. The maximum atomic E-state index is 11.6. The molecule has 0 bridgehead atoms. The second-order valence-corrected chi connectivity index (χ2v) is 4.93. The smallest absolute Gasteiger partial charge is 0.328 e. The van der Waals surface area contributed by atoms with Crippen LogP contribution in [0.3, 0.4) is 0 Å². The van der Waals surface area contributed by atoms with Crippen LogP contribution in [0.5, 0.6) is 11.5 Å². The Morgan fingerprint density at radius 2 is 2.00 bits per heavy atom. The van der Waals surface area contributed by atoms with E-state index in [4.69, 9.17) is 14.6 Å². The second kappa shape index (κ2) is 5.28. The molecule has 0 radical (unpaired) electrons. The largest absolute Gasteiger partial charge is 0.480 e. The molecular weight excluding hydrogens is 264 g/mol. The first-order valence-electron chi connectivity index (χ1n) is 6.06. The molecule has 0 fully saturated rings. The van der Waals surface area contributed by atoms with Crippen molar-refractivity contribution in [3.8, 4) is 11.5 Å². The molecule has 0 aromatic heterocycles. The van der Waals surface area contributed by atoms with Crippen molar-refractivity contribution in [3.05, 3.63) is 23.8 Å². The van der Waals surface area contributed by atoms with Crippen molar-refractivity contribution in [2.75, 3.05) is 6.79 Å². The number of nitrogens with one attached hydrogen (secondary N) is 2. The number of carbonyl (C=O) groups excluding carboxylic acids is 1. The number of hydrogen-bond acceptors (Lipinski definition) is 4. The third-order valence-corrected chi connectivity index (χ3v) is 2.85. The molecule has 1 aliphatic rings. The zero-order valence-corrected chi connectivity index (χ0v) is 11.2. The molecule has 1 aromatic carbocycles. The lowest BCUT2D eigenvalue weighted by atomic mass is 10.1. The van der Waals surface area contributed by atoms with Gasteiger partial charge in [0.1, 0.15) is 5.54 Å². The van der Waals surface area contributed by atoms with E-state index >= 15 is 0 Å². The standard InChI is InChI=1S/C13H16N2O5/c1-13(2,11(16)17)15-12(18)14-6-8-3-4-9-10(5-8)20-7-19-9/h3-5H,6-7H2,1-2H3,(H,16,17)(H2,14,15,18). The Morgan fingerprint density at radius 3 is 2.70 bits per heavy atom. The molecule has 0 spiro atoms. The first kappa shape index (κ1) is 14.0. The van der Waals surface area contributed by atoms with E-state index < -0.39 is 17.5 Å². The minimum absolute atomic E-state index is 0.194. The fourth-order valence-electron chi connectivity index (χ4n) is 1.61. The van der Waals surface area contributed by atoms with E-state index in [0.717, 1.165) is 5.56 Å². The number of carboxylic acid groups (broad SMARTS) is 1. The fourth-order valence-corrected chi connectivity index (χ4v) is 1.61. The summed E-state index contributed by atoms with van der Waals surface area (Å²) in [5.74, 6) is 0.205. The van der Waals surface area contributed by atoms with Crippen LogP contribution in [0.2, 0.25) is 0 Å². The fraction of sp³-hybridized carbons (Fsp3) is 0.385. The molecule has 0 unspecified atom stereocenters. The van der Waals surface area contributed by atoms with Gasteiger partial charge in [0.25, 0.3) is 0 Å². The predicted octanol–water partition coefficient (Wildman–Crippen LogP) is 1.08. The van der Waals surface area contributed by atoms with Gasteiger partial charge in [-0.25, -0.2) is 9.59 Å². The van der Waals surface area contributed by atoms with Crippen molar-refractivity contribution in [1.29, 1.82) is 0 Å². The lowest BCUT2D eigenvalue weighted by Crippen LogP contribution is -2.52. The molecule has 1 heterocycles. The van der Waals surface area contributed by atoms with Crippen molar-refractivity contribution in [2.24, 2.45) is 0 Å². The van der Waals surface area contributed by atoms with E-state index in [2.05, 4.69) is 10.6 Å². The summed E-state index contributed by atoms with van der Waals surface area (Å²) in [5.41, 5.74) is -0.489. The number of rotatable bonds is 4. The third-order valence-electron chi connectivity index (χ3n) is 2.85. The van der Waals surface area contributed by atoms with E-state index in [-0.39, 0.29) is 13.3 Å². The highest BCUT2D eigenvalue weighted by atomic mass is 16.7. The van der Waals surface area contributed by atoms with Crippen LogP contribution in [0.4, 0.5) is 4.79 Å². The summed E-state index contributed by atoms with van der Waals surface area (Å²) in [6.45, 7) is 3.28.